The van der Waals surface area contributed by atoms with E-state index in [0.717, 1.165) is 6.07 Å². The molecule has 2 rings (SSSR count). The minimum Gasteiger partial charge on any atom is -0.493 e. The van der Waals surface area contributed by atoms with Crippen LogP contribution in [0.5, 0.6) is 11.5 Å². The third-order valence-electron chi connectivity index (χ3n) is 2.94. The van der Waals surface area contributed by atoms with Crippen molar-refractivity contribution in [3.63, 3.8) is 0 Å². The Hall–Kier alpha value is -2.62. The van der Waals surface area contributed by atoms with Gasteiger partial charge in [0.05, 0.1) is 12.8 Å². The van der Waals surface area contributed by atoms with Crippen molar-refractivity contribution in [3.05, 3.63) is 36.0 Å². The Bertz CT molecular complexity index is 844. The highest BCUT2D eigenvalue weighted by Gasteiger charge is 2.20. The van der Waals surface area contributed by atoms with Gasteiger partial charge in [-0.2, -0.15) is 8.78 Å². The maximum absolute atomic E-state index is 12.4. The van der Waals surface area contributed by atoms with Crippen LogP contribution in [0.15, 0.2) is 35.4 Å². The molecule has 10 heteroatoms. The lowest BCUT2D eigenvalue weighted by Crippen LogP contribution is -2.16. The molecular formula is C14H15F2N3O4S. The van der Waals surface area contributed by atoms with Crippen molar-refractivity contribution >= 4 is 21.5 Å². The zero-order chi connectivity index (χ0) is 17.9. The highest BCUT2D eigenvalue weighted by Crippen LogP contribution is 2.32. The Labute approximate surface area is 137 Å². The number of benzene rings is 1. The number of nitrogens with two attached hydrogens (primary N) is 1. The molecule has 0 saturated heterocycles. The summed E-state index contributed by atoms with van der Waals surface area (Å²) in [5, 5.41) is 0. The Kier molecular flexibility index (Phi) is 5.07. The molecule has 0 aliphatic rings. The van der Waals surface area contributed by atoms with E-state index < -0.39 is 16.6 Å². The van der Waals surface area contributed by atoms with Gasteiger partial charge in [-0.05, 0) is 30.7 Å². The number of rotatable bonds is 6. The lowest BCUT2D eigenvalue weighted by molar-refractivity contribution is -0.0511. The fourth-order valence-corrected chi connectivity index (χ4v) is 3.12. The molecular weight excluding hydrogens is 344 g/mol. The van der Waals surface area contributed by atoms with Crippen LogP contribution in [-0.4, -0.2) is 27.1 Å². The van der Waals surface area contributed by atoms with E-state index in [9.17, 15) is 17.2 Å². The highest BCUT2D eigenvalue weighted by molar-refractivity contribution is 7.92. The van der Waals surface area contributed by atoms with Gasteiger partial charge in [-0.25, -0.2) is 13.4 Å². The molecule has 0 saturated carbocycles. The number of pyridine rings is 1. The SMILES string of the molecule is COc1ccc(NS(=O)(=O)c2cc(C)cnc2N)cc1OC(F)F. The molecule has 130 valence electrons. The van der Waals surface area contributed by atoms with Crippen molar-refractivity contribution in [2.45, 2.75) is 18.4 Å². The smallest absolute Gasteiger partial charge is 0.387 e. The van der Waals surface area contributed by atoms with Gasteiger partial charge in [-0.15, -0.1) is 0 Å². The topological polar surface area (TPSA) is 104 Å². The zero-order valence-electron chi connectivity index (χ0n) is 12.8. The van der Waals surface area contributed by atoms with E-state index in [-0.39, 0.29) is 27.9 Å². The first kappa shape index (κ1) is 17.7. The molecule has 0 bridgehead atoms. The first-order chi connectivity index (χ1) is 11.2. The van der Waals surface area contributed by atoms with Crippen LogP contribution in [0.1, 0.15) is 5.56 Å². The summed E-state index contributed by atoms with van der Waals surface area (Å²) >= 11 is 0. The molecule has 1 heterocycles. The molecule has 1 aromatic heterocycles. The predicted octanol–water partition coefficient (Wildman–Crippen LogP) is 2.38. The summed E-state index contributed by atoms with van der Waals surface area (Å²) in [4.78, 5) is 3.57. The van der Waals surface area contributed by atoms with Gasteiger partial charge in [0.2, 0.25) is 0 Å². The summed E-state index contributed by atoms with van der Waals surface area (Å²) in [7, 11) is -2.78. The number of hydrogen-bond donors (Lipinski definition) is 2. The van der Waals surface area contributed by atoms with Crippen molar-refractivity contribution in [1.29, 1.82) is 0 Å². The molecule has 0 unspecified atom stereocenters. The summed E-state index contributed by atoms with van der Waals surface area (Å²) in [6, 6.07) is 5.08. The zero-order valence-corrected chi connectivity index (χ0v) is 13.6. The summed E-state index contributed by atoms with van der Waals surface area (Å²) in [6.07, 6.45) is 1.43. The Morgan fingerprint density at radius 2 is 1.96 bits per heavy atom. The highest BCUT2D eigenvalue weighted by atomic mass is 32.2. The number of ether oxygens (including phenoxy) is 2. The average molecular weight is 359 g/mol. The Balaban J connectivity index is 2.37. The second-order valence-electron chi connectivity index (χ2n) is 4.75. The van der Waals surface area contributed by atoms with E-state index in [4.69, 9.17) is 10.5 Å². The van der Waals surface area contributed by atoms with Gasteiger partial charge in [0.1, 0.15) is 10.7 Å². The van der Waals surface area contributed by atoms with Crippen molar-refractivity contribution in [2.24, 2.45) is 0 Å². The first-order valence-corrected chi connectivity index (χ1v) is 8.09. The molecule has 0 radical (unpaired) electrons. The standard InChI is InChI=1S/C14H15F2N3O4S/c1-8-5-12(13(17)18-7-8)24(20,21)19-9-3-4-10(22-2)11(6-9)23-14(15)16/h3-7,14,19H,1-2H3,(H2,17,18). The third kappa shape index (κ3) is 4.02. The van der Waals surface area contributed by atoms with Crippen LogP contribution in [0.2, 0.25) is 0 Å². The van der Waals surface area contributed by atoms with Crippen molar-refractivity contribution < 1.29 is 26.7 Å². The molecule has 2 aromatic rings. The molecule has 1 aromatic carbocycles. The lowest BCUT2D eigenvalue weighted by atomic mass is 10.3. The van der Waals surface area contributed by atoms with Crippen LogP contribution in [0, 0.1) is 6.92 Å². The monoisotopic (exact) mass is 359 g/mol. The number of nitrogens with one attached hydrogen (secondary N) is 1. The quantitative estimate of drug-likeness (QED) is 0.821. The predicted molar refractivity (Wildman–Crippen MR) is 83.8 cm³/mol. The molecule has 3 N–H and O–H groups in total. The van der Waals surface area contributed by atoms with E-state index >= 15 is 0 Å². The fourth-order valence-electron chi connectivity index (χ4n) is 1.91. The minimum absolute atomic E-state index is 0.00681. The maximum Gasteiger partial charge on any atom is 0.387 e. The van der Waals surface area contributed by atoms with Crippen LogP contribution in [0.3, 0.4) is 0 Å². The average Bonchev–Trinajstić information content (AvgIpc) is 2.49. The Morgan fingerprint density at radius 3 is 2.58 bits per heavy atom. The Morgan fingerprint density at radius 1 is 1.25 bits per heavy atom. The van der Waals surface area contributed by atoms with E-state index in [1.54, 1.807) is 6.92 Å². The number of anilines is 2. The van der Waals surface area contributed by atoms with E-state index in [2.05, 4.69) is 14.4 Å². The van der Waals surface area contributed by atoms with Crippen LogP contribution in [0.4, 0.5) is 20.3 Å². The molecule has 0 fully saturated rings. The van der Waals surface area contributed by atoms with Gasteiger partial charge < -0.3 is 15.2 Å². The van der Waals surface area contributed by atoms with Crippen molar-refractivity contribution in [2.75, 3.05) is 17.6 Å². The van der Waals surface area contributed by atoms with Crippen molar-refractivity contribution in [1.82, 2.24) is 4.98 Å². The summed E-state index contributed by atoms with van der Waals surface area (Å²) < 4.78 is 61.1. The van der Waals surface area contributed by atoms with Gasteiger partial charge in [0.25, 0.3) is 10.0 Å². The number of aromatic nitrogens is 1. The van der Waals surface area contributed by atoms with Crippen LogP contribution < -0.4 is 19.9 Å². The normalized spacial score (nSPS) is 11.4. The van der Waals surface area contributed by atoms with Crippen LogP contribution in [0.25, 0.3) is 0 Å². The number of sulfonamides is 1. The van der Waals surface area contributed by atoms with Gasteiger partial charge in [0, 0.05) is 12.3 Å². The van der Waals surface area contributed by atoms with E-state index in [0.29, 0.717) is 5.56 Å². The fraction of sp³-hybridized carbons (Fsp3) is 0.214. The molecule has 0 aliphatic carbocycles. The molecule has 0 aliphatic heterocycles. The number of aryl methyl sites for hydroxylation is 1. The van der Waals surface area contributed by atoms with E-state index in [1.807, 2.05) is 0 Å². The summed E-state index contributed by atoms with van der Waals surface area (Å²) in [5.74, 6) is -0.441. The number of hydrogen-bond acceptors (Lipinski definition) is 6. The molecule has 24 heavy (non-hydrogen) atoms. The van der Waals surface area contributed by atoms with Crippen molar-refractivity contribution in [3.8, 4) is 11.5 Å². The number of nitrogen functional groups attached to an aromatic ring is 1. The molecule has 0 spiro atoms. The van der Waals surface area contributed by atoms with Gasteiger partial charge in [0.15, 0.2) is 11.5 Å². The number of methoxy groups -OCH3 is 1. The van der Waals surface area contributed by atoms with Crippen LogP contribution in [-0.2, 0) is 10.0 Å². The van der Waals surface area contributed by atoms with Gasteiger partial charge in [-0.3, -0.25) is 4.72 Å². The molecule has 0 amide bonds. The van der Waals surface area contributed by atoms with E-state index in [1.165, 1.54) is 31.5 Å². The minimum atomic E-state index is -4.05. The second kappa shape index (κ2) is 6.87. The maximum atomic E-state index is 12.4. The third-order valence-corrected chi connectivity index (χ3v) is 4.35. The summed E-state index contributed by atoms with van der Waals surface area (Å²) in [6.45, 7) is -1.42. The largest absolute Gasteiger partial charge is 0.493 e. The number of halogens is 2. The first-order valence-electron chi connectivity index (χ1n) is 6.60. The molecule has 7 nitrogen and oxygen atoms in total. The summed E-state index contributed by atoms with van der Waals surface area (Å²) in [5.41, 5.74) is 6.20. The second-order valence-corrected chi connectivity index (χ2v) is 6.40. The molecule has 0 atom stereocenters. The van der Waals surface area contributed by atoms with Gasteiger partial charge >= 0.3 is 6.61 Å². The number of nitrogens with zero attached hydrogens (tertiary/aromatic N) is 1. The number of alkyl halides is 2. The lowest BCUT2D eigenvalue weighted by Gasteiger charge is -2.13. The van der Waals surface area contributed by atoms with Gasteiger partial charge in [-0.1, -0.05) is 0 Å². The van der Waals surface area contributed by atoms with Crippen LogP contribution >= 0.6 is 0 Å².